The van der Waals surface area contributed by atoms with Gasteiger partial charge in [-0.15, -0.1) is 0 Å². The Hall–Kier alpha value is -3.07. The summed E-state index contributed by atoms with van der Waals surface area (Å²) in [6.07, 6.45) is 3.59. The second kappa shape index (κ2) is 5.46. The molecule has 1 aliphatic heterocycles. The van der Waals surface area contributed by atoms with Gasteiger partial charge in [-0.3, -0.25) is 9.13 Å². The number of fused-ring (bicyclic) bond motifs is 2. The van der Waals surface area contributed by atoms with Crippen LogP contribution in [0, 0.1) is 6.33 Å². The van der Waals surface area contributed by atoms with Crippen LogP contribution in [0.15, 0.2) is 66.7 Å². The highest BCUT2D eigenvalue weighted by atomic mass is 15.2. The number of anilines is 2. The lowest BCUT2D eigenvalue weighted by Gasteiger charge is -2.28. The molecule has 1 aromatic heterocycles. The first-order valence-electron chi connectivity index (χ1n) is 9.38. The molecular formula is C24H23N3. The van der Waals surface area contributed by atoms with Gasteiger partial charge in [0.2, 0.25) is 0 Å². The molecule has 0 atom stereocenters. The first-order chi connectivity index (χ1) is 12.9. The summed E-state index contributed by atoms with van der Waals surface area (Å²) in [5.41, 5.74) is 8.53. The van der Waals surface area contributed by atoms with Crippen molar-refractivity contribution in [3.8, 4) is 11.4 Å². The maximum absolute atomic E-state index is 3.59. The van der Waals surface area contributed by atoms with Crippen LogP contribution >= 0.6 is 0 Å². The van der Waals surface area contributed by atoms with Crippen LogP contribution in [0.1, 0.15) is 26.3 Å². The fourth-order valence-corrected chi connectivity index (χ4v) is 3.95. The van der Waals surface area contributed by atoms with Crippen molar-refractivity contribution < 1.29 is 4.57 Å². The number of nitrogens with zero attached hydrogens (tertiary/aromatic N) is 3. The number of benzene rings is 3. The molecule has 0 radical (unpaired) electrons. The van der Waals surface area contributed by atoms with Gasteiger partial charge in [0.25, 0.3) is 6.33 Å². The van der Waals surface area contributed by atoms with E-state index in [4.69, 9.17) is 0 Å². The first kappa shape index (κ1) is 16.1. The molecule has 0 unspecified atom stereocenters. The number of hydrogen-bond acceptors (Lipinski definition) is 1. The Morgan fingerprint density at radius 3 is 2.26 bits per heavy atom. The SMILES string of the molecule is CN1c2ccccc2-[n+]2[c-]n(-c3ccc(C(C)(C)C)cc3)c3cccc1c32. The summed E-state index contributed by atoms with van der Waals surface area (Å²) >= 11 is 0. The largest absolute Gasteiger partial charge is 0.351 e. The van der Waals surface area contributed by atoms with Gasteiger partial charge in [-0.25, -0.2) is 0 Å². The molecule has 3 heteroatoms. The van der Waals surface area contributed by atoms with Crippen molar-refractivity contribution in [2.45, 2.75) is 26.2 Å². The van der Waals surface area contributed by atoms with Gasteiger partial charge < -0.3 is 4.90 Å². The van der Waals surface area contributed by atoms with E-state index in [2.05, 4.69) is 115 Å². The standard InChI is InChI=1S/C24H23N3/c1-24(2,3)17-12-14-18(15-13-17)26-16-27-20-9-6-5-8-19(20)25(4)21-10-7-11-22(26)23(21)27/h5-15H,1-4H3. The number of rotatable bonds is 1. The lowest BCUT2D eigenvalue weighted by atomic mass is 9.87. The first-order valence-corrected chi connectivity index (χ1v) is 9.38. The molecule has 4 aromatic rings. The number of imidazole rings is 1. The molecule has 0 fully saturated rings. The van der Waals surface area contributed by atoms with E-state index in [-0.39, 0.29) is 5.41 Å². The van der Waals surface area contributed by atoms with Crippen molar-refractivity contribution in [2.24, 2.45) is 0 Å². The molecule has 0 bridgehead atoms. The third-order valence-corrected chi connectivity index (χ3v) is 5.49. The molecule has 5 rings (SSSR count). The maximum Gasteiger partial charge on any atom is 0.269 e. The monoisotopic (exact) mass is 353 g/mol. The van der Waals surface area contributed by atoms with E-state index >= 15 is 0 Å². The van der Waals surface area contributed by atoms with Crippen LogP contribution in [-0.4, -0.2) is 11.6 Å². The summed E-state index contributed by atoms with van der Waals surface area (Å²) in [4.78, 5) is 2.26. The summed E-state index contributed by atoms with van der Waals surface area (Å²) in [7, 11) is 2.13. The van der Waals surface area contributed by atoms with Gasteiger partial charge in [0.1, 0.15) is 5.52 Å². The molecular weight excluding hydrogens is 330 g/mol. The highest BCUT2D eigenvalue weighted by Gasteiger charge is 2.24. The van der Waals surface area contributed by atoms with E-state index in [1.807, 2.05) is 0 Å². The fourth-order valence-electron chi connectivity index (χ4n) is 3.95. The lowest BCUT2D eigenvalue weighted by molar-refractivity contribution is -0.572. The fraction of sp³-hybridized carbons (Fsp3) is 0.208. The minimum Gasteiger partial charge on any atom is -0.351 e. The van der Waals surface area contributed by atoms with Crippen LogP contribution < -0.4 is 9.47 Å². The van der Waals surface area contributed by atoms with Crippen LogP contribution in [0.3, 0.4) is 0 Å². The van der Waals surface area contributed by atoms with Crippen LogP contribution in [0.5, 0.6) is 0 Å². The molecule has 0 amide bonds. The minimum atomic E-state index is 0.151. The summed E-state index contributed by atoms with van der Waals surface area (Å²) in [6, 6.07) is 23.8. The van der Waals surface area contributed by atoms with Gasteiger partial charge in [0, 0.05) is 12.7 Å². The number of aromatic nitrogens is 2. The average Bonchev–Trinajstić information content (AvgIpc) is 3.06. The van der Waals surface area contributed by atoms with Gasteiger partial charge in [-0.05, 0) is 41.3 Å². The molecule has 0 aliphatic carbocycles. The van der Waals surface area contributed by atoms with E-state index < -0.39 is 0 Å². The minimum absolute atomic E-state index is 0.151. The molecule has 2 heterocycles. The average molecular weight is 353 g/mol. The van der Waals surface area contributed by atoms with Crippen LogP contribution in [-0.2, 0) is 5.41 Å². The highest BCUT2D eigenvalue weighted by Crippen LogP contribution is 2.37. The van der Waals surface area contributed by atoms with Gasteiger partial charge in [-0.2, -0.15) is 0 Å². The van der Waals surface area contributed by atoms with Gasteiger partial charge in [0.05, 0.1) is 22.6 Å². The van der Waals surface area contributed by atoms with Crippen molar-refractivity contribution in [1.29, 1.82) is 0 Å². The summed E-state index contributed by atoms with van der Waals surface area (Å²) < 4.78 is 4.36. The Balaban J connectivity index is 1.76. The molecule has 1 aliphatic rings. The van der Waals surface area contributed by atoms with Crippen molar-refractivity contribution in [3.63, 3.8) is 0 Å². The van der Waals surface area contributed by atoms with E-state index in [1.54, 1.807) is 0 Å². The smallest absolute Gasteiger partial charge is 0.269 e. The molecule has 134 valence electrons. The van der Waals surface area contributed by atoms with Crippen molar-refractivity contribution in [2.75, 3.05) is 11.9 Å². The predicted octanol–water partition coefficient (Wildman–Crippen LogP) is 5.09. The normalized spacial score (nSPS) is 13.1. The molecule has 0 N–H and O–H groups in total. The van der Waals surface area contributed by atoms with E-state index in [0.29, 0.717) is 0 Å². The topological polar surface area (TPSA) is 12.1 Å². The predicted molar refractivity (Wildman–Crippen MR) is 110 cm³/mol. The third-order valence-electron chi connectivity index (χ3n) is 5.49. The molecule has 0 spiro atoms. The summed E-state index contributed by atoms with van der Waals surface area (Å²) in [6.45, 7) is 6.73. The number of hydrogen-bond donors (Lipinski definition) is 0. The maximum atomic E-state index is 3.59. The van der Waals surface area contributed by atoms with Crippen LogP contribution in [0.25, 0.3) is 22.4 Å². The Labute approximate surface area is 160 Å². The Morgan fingerprint density at radius 1 is 0.815 bits per heavy atom. The van der Waals surface area contributed by atoms with Crippen molar-refractivity contribution in [1.82, 2.24) is 4.57 Å². The Kier molecular flexibility index (Phi) is 3.26. The summed E-state index contributed by atoms with van der Waals surface area (Å²) in [5, 5.41) is 0. The molecule has 0 saturated heterocycles. The zero-order valence-corrected chi connectivity index (χ0v) is 16.2. The highest BCUT2D eigenvalue weighted by molar-refractivity contribution is 5.92. The van der Waals surface area contributed by atoms with Crippen LogP contribution in [0.2, 0.25) is 0 Å². The molecule has 0 saturated carbocycles. The Morgan fingerprint density at radius 2 is 1.52 bits per heavy atom. The number of para-hydroxylation sites is 3. The second-order valence-corrected chi connectivity index (χ2v) is 8.26. The quantitative estimate of drug-likeness (QED) is 0.343. The lowest BCUT2D eigenvalue weighted by Crippen LogP contribution is -2.36. The van der Waals surface area contributed by atoms with E-state index in [9.17, 15) is 0 Å². The van der Waals surface area contributed by atoms with Crippen molar-refractivity contribution >= 4 is 22.4 Å². The van der Waals surface area contributed by atoms with Crippen molar-refractivity contribution in [3.05, 3.63) is 78.6 Å². The van der Waals surface area contributed by atoms with Gasteiger partial charge >= 0.3 is 0 Å². The zero-order chi connectivity index (χ0) is 18.8. The Bertz CT molecular complexity index is 1160. The van der Waals surface area contributed by atoms with Crippen LogP contribution in [0.4, 0.5) is 11.4 Å². The molecule has 3 nitrogen and oxygen atoms in total. The molecule has 3 aromatic carbocycles. The second-order valence-electron chi connectivity index (χ2n) is 8.26. The molecule has 27 heavy (non-hydrogen) atoms. The zero-order valence-electron chi connectivity index (χ0n) is 16.2. The van der Waals surface area contributed by atoms with E-state index in [1.165, 1.54) is 22.5 Å². The van der Waals surface area contributed by atoms with E-state index in [0.717, 1.165) is 16.9 Å². The third kappa shape index (κ3) is 2.31. The van der Waals surface area contributed by atoms with Gasteiger partial charge in [0.15, 0.2) is 0 Å². The summed E-state index contributed by atoms with van der Waals surface area (Å²) in [5.74, 6) is 0. The van der Waals surface area contributed by atoms with Gasteiger partial charge in [-0.1, -0.05) is 57.2 Å².